The average Bonchev–Trinajstić information content (AvgIpc) is 3.41. The SMILES string of the molecule is CCCc1nc2c(C)cccc2n1Cc1ccc2c(c1)COc1ccccc1/C2=C/c1noc(F)n1. The van der Waals surface area contributed by atoms with E-state index in [1.54, 1.807) is 6.08 Å². The van der Waals surface area contributed by atoms with E-state index in [0.29, 0.717) is 13.2 Å². The molecule has 180 valence electrons. The molecule has 0 atom stereocenters. The normalized spacial score (nSPS) is 13.9. The van der Waals surface area contributed by atoms with Gasteiger partial charge in [-0.3, -0.25) is 0 Å². The molecule has 2 aromatic heterocycles. The van der Waals surface area contributed by atoms with E-state index in [1.807, 2.05) is 24.3 Å². The van der Waals surface area contributed by atoms with Crippen LogP contribution in [0.4, 0.5) is 4.39 Å². The highest BCUT2D eigenvalue weighted by molar-refractivity contribution is 5.93. The topological polar surface area (TPSA) is 66.0 Å². The van der Waals surface area contributed by atoms with E-state index < -0.39 is 6.14 Å². The Labute approximate surface area is 208 Å². The fraction of sp³-hybridized carbons (Fsp3) is 0.207. The summed E-state index contributed by atoms with van der Waals surface area (Å²) in [5.74, 6) is 2.03. The lowest BCUT2D eigenvalue weighted by Gasteiger charge is -2.13. The number of para-hydroxylation sites is 2. The third kappa shape index (κ3) is 3.96. The van der Waals surface area contributed by atoms with Crippen LogP contribution in [0.2, 0.25) is 0 Å². The molecule has 0 N–H and O–H groups in total. The zero-order valence-corrected chi connectivity index (χ0v) is 20.2. The van der Waals surface area contributed by atoms with Crippen LogP contribution in [0, 0.1) is 13.1 Å². The Balaban J connectivity index is 1.44. The lowest BCUT2D eigenvalue weighted by Crippen LogP contribution is -2.06. The number of hydrogen-bond acceptors (Lipinski definition) is 5. The van der Waals surface area contributed by atoms with Crippen molar-refractivity contribution >= 4 is 22.7 Å². The first kappa shape index (κ1) is 22.2. The van der Waals surface area contributed by atoms with E-state index in [2.05, 4.69) is 69.5 Å². The lowest BCUT2D eigenvalue weighted by atomic mass is 9.92. The van der Waals surface area contributed by atoms with E-state index in [9.17, 15) is 4.39 Å². The first-order valence-electron chi connectivity index (χ1n) is 12.1. The van der Waals surface area contributed by atoms with E-state index in [-0.39, 0.29) is 5.82 Å². The summed E-state index contributed by atoms with van der Waals surface area (Å²) in [6, 6.07) is 20.6. The molecule has 0 bridgehead atoms. The number of aryl methyl sites for hydroxylation is 2. The second-order valence-corrected chi connectivity index (χ2v) is 9.05. The zero-order valence-electron chi connectivity index (χ0n) is 20.2. The predicted molar refractivity (Wildman–Crippen MR) is 136 cm³/mol. The molecule has 1 aliphatic heterocycles. The molecule has 0 spiro atoms. The minimum atomic E-state index is -0.957. The molecule has 0 aliphatic carbocycles. The first-order chi connectivity index (χ1) is 17.6. The first-order valence-corrected chi connectivity index (χ1v) is 12.1. The third-order valence-electron chi connectivity index (χ3n) is 6.58. The Hall–Kier alpha value is -4.26. The average molecular weight is 481 g/mol. The van der Waals surface area contributed by atoms with E-state index in [4.69, 9.17) is 9.72 Å². The van der Waals surface area contributed by atoms with Crippen molar-refractivity contribution in [2.75, 3.05) is 0 Å². The number of nitrogens with zero attached hydrogens (tertiary/aromatic N) is 4. The van der Waals surface area contributed by atoms with Crippen LogP contribution in [0.1, 0.15) is 52.8 Å². The number of fused-ring (bicyclic) bond motifs is 3. The number of benzene rings is 3. The maximum atomic E-state index is 13.4. The second kappa shape index (κ2) is 9.07. The Bertz CT molecular complexity index is 1620. The summed E-state index contributed by atoms with van der Waals surface area (Å²) in [6.07, 6.45) is 2.74. The second-order valence-electron chi connectivity index (χ2n) is 9.05. The Kier molecular flexibility index (Phi) is 5.60. The van der Waals surface area contributed by atoms with Gasteiger partial charge in [-0.1, -0.05) is 54.5 Å². The molecule has 1 aliphatic rings. The van der Waals surface area contributed by atoms with Crippen molar-refractivity contribution in [1.82, 2.24) is 19.7 Å². The van der Waals surface area contributed by atoms with Gasteiger partial charge in [-0.2, -0.15) is 4.98 Å². The summed E-state index contributed by atoms with van der Waals surface area (Å²) in [5.41, 5.74) is 8.35. The molecule has 0 amide bonds. The fourth-order valence-corrected chi connectivity index (χ4v) is 4.91. The van der Waals surface area contributed by atoms with Crippen molar-refractivity contribution < 1.29 is 13.7 Å². The summed E-state index contributed by atoms with van der Waals surface area (Å²) < 4.78 is 26.5. The molecule has 3 heterocycles. The Morgan fingerprint density at radius 2 is 1.92 bits per heavy atom. The molecule has 0 radical (unpaired) electrons. The van der Waals surface area contributed by atoms with Gasteiger partial charge in [0.15, 0.2) is 5.82 Å². The van der Waals surface area contributed by atoms with Gasteiger partial charge in [0.2, 0.25) is 0 Å². The minimum Gasteiger partial charge on any atom is -0.488 e. The van der Waals surface area contributed by atoms with E-state index >= 15 is 0 Å². The summed E-state index contributed by atoms with van der Waals surface area (Å²) in [4.78, 5) is 8.70. The fourth-order valence-electron chi connectivity index (χ4n) is 4.91. The highest BCUT2D eigenvalue weighted by Gasteiger charge is 2.21. The van der Waals surface area contributed by atoms with Gasteiger partial charge in [0.1, 0.15) is 18.2 Å². The number of aromatic nitrogens is 4. The molecule has 0 unspecified atom stereocenters. The van der Waals surface area contributed by atoms with Crippen LogP contribution in [0.5, 0.6) is 5.75 Å². The standard InChI is InChI=1S/C29H25FN4O2/c1-3-7-27-32-28-18(2)8-6-10-24(28)34(27)16-19-12-13-21-20(14-19)17-35-25-11-5-4-9-22(25)23(21)15-26-31-29(30)36-33-26/h4-6,8-15H,3,7,16-17H2,1-2H3/b23-15+. The van der Waals surface area contributed by atoms with E-state index in [1.165, 1.54) is 5.56 Å². The molecule has 6 nitrogen and oxygen atoms in total. The summed E-state index contributed by atoms with van der Waals surface area (Å²) in [7, 11) is 0. The van der Waals surface area contributed by atoms with Crippen molar-refractivity contribution in [3.05, 3.63) is 106 Å². The van der Waals surface area contributed by atoms with Gasteiger partial charge >= 0.3 is 6.14 Å². The number of imidazole rings is 1. The molecular weight excluding hydrogens is 455 g/mol. The van der Waals surface area contributed by atoms with Crippen LogP contribution in [0.15, 0.2) is 65.2 Å². The molecular formula is C29H25FN4O2. The van der Waals surface area contributed by atoms with Crippen LogP contribution < -0.4 is 4.74 Å². The van der Waals surface area contributed by atoms with Crippen molar-refractivity contribution in [1.29, 1.82) is 0 Å². The van der Waals surface area contributed by atoms with Gasteiger partial charge in [0.05, 0.1) is 11.0 Å². The highest BCUT2D eigenvalue weighted by atomic mass is 19.1. The lowest BCUT2D eigenvalue weighted by molar-refractivity contribution is 0.268. The summed E-state index contributed by atoms with van der Waals surface area (Å²) >= 11 is 0. The Morgan fingerprint density at radius 3 is 2.75 bits per heavy atom. The smallest absolute Gasteiger partial charge is 0.405 e. The van der Waals surface area contributed by atoms with Crippen LogP contribution in [-0.2, 0) is 19.6 Å². The van der Waals surface area contributed by atoms with Crippen LogP contribution in [-0.4, -0.2) is 19.7 Å². The molecule has 6 rings (SSSR count). The number of ether oxygens (including phenoxy) is 1. The molecule has 0 saturated carbocycles. The maximum Gasteiger partial charge on any atom is 0.405 e. The van der Waals surface area contributed by atoms with Crippen LogP contribution in [0.25, 0.3) is 22.7 Å². The predicted octanol–water partition coefficient (Wildman–Crippen LogP) is 6.35. The molecule has 0 saturated heterocycles. The van der Waals surface area contributed by atoms with Crippen LogP contribution in [0.3, 0.4) is 0 Å². The highest BCUT2D eigenvalue weighted by Crippen LogP contribution is 2.38. The quantitative estimate of drug-likeness (QED) is 0.293. The molecule has 36 heavy (non-hydrogen) atoms. The summed E-state index contributed by atoms with van der Waals surface area (Å²) in [5, 5.41) is 3.73. The summed E-state index contributed by atoms with van der Waals surface area (Å²) in [6.45, 7) is 5.42. The van der Waals surface area contributed by atoms with Crippen molar-refractivity contribution in [2.45, 2.75) is 39.8 Å². The van der Waals surface area contributed by atoms with Crippen LogP contribution >= 0.6 is 0 Å². The van der Waals surface area contributed by atoms with Gasteiger partial charge < -0.3 is 13.8 Å². The number of hydrogen-bond donors (Lipinski definition) is 0. The minimum absolute atomic E-state index is 0.179. The van der Waals surface area contributed by atoms with Gasteiger partial charge in [0.25, 0.3) is 0 Å². The van der Waals surface area contributed by atoms with Crippen molar-refractivity contribution in [3.8, 4) is 5.75 Å². The molecule has 0 fully saturated rings. The third-order valence-corrected chi connectivity index (χ3v) is 6.58. The largest absolute Gasteiger partial charge is 0.488 e. The number of halogens is 1. The van der Waals surface area contributed by atoms with E-state index in [0.717, 1.165) is 63.3 Å². The van der Waals surface area contributed by atoms with Crippen molar-refractivity contribution in [3.63, 3.8) is 0 Å². The van der Waals surface area contributed by atoms with Gasteiger partial charge in [-0.25, -0.2) is 4.98 Å². The maximum absolute atomic E-state index is 13.4. The van der Waals surface area contributed by atoms with Gasteiger partial charge in [-0.05, 0) is 65.4 Å². The van der Waals surface area contributed by atoms with Crippen molar-refractivity contribution in [2.24, 2.45) is 0 Å². The molecule has 3 aromatic carbocycles. The zero-order chi connectivity index (χ0) is 24.6. The van der Waals surface area contributed by atoms with Gasteiger partial charge in [0, 0.05) is 18.5 Å². The van der Waals surface area contributed by atoms with Gasteiger partial charge in [-0.15, -0.1) is 4.39 Å². The molecule has 5 aromatic rings. The Morgan fingerprint density at radius 1 is 1.03 bits per heavy atom. The monoisotopic (exact) mass is 480 g/mol. The molecule has 7 heteroatoms. The number of rotatable bonds is 5.